The van der Waals surface area contributed by atoms with Crippen molar-refractivity contribution in [3.63, 3.8) is 0 Å². The molecule has 0 heterocycles. The lowest BCUT2D eigenvalue weighted by Gasteiger charge is -2.38. The molecule has 2 saturated carbocycles. The van der Waals surface area contributed by atoms with Gasteiger partial charge in [0.1, 0.15) is 5.75 Å². The van der Waals surface area contributed by atoms with Crippen molar-refractivity contribution in [2.45, 2.75) is 89.8 Å². The predicted molar refractivity (Wildman–Crippen MR) is 103 cm³/mol. The Morgan fingerprint density at radius 2 is 1.41 bits per heavy atom. The third-order valence-electron chi connectivity index (χ3n) is 6.88. The van der Waals surface area contributed by atoms with E-state index in [0.29, 0.717) is 5.92 Å². The van der Waals surface area contributed by atoms with Gasteiger partial charge in [-0.3, -0.25) is 0 Å². The molecule has 0 unspecified atom stereocenters. The lowest BCUT2D eigenvalue weighted by Crippen LogP contribution is -2.25. The summed E-state index contributed by atoms with van der Waals surface area (Å²) in [5.41, 5.74) is 1.16. The number of benzene rings is 1. The lowest BCUT2D eigenvalue weighted by molar-refractivity contribution is -0.274. The monoisotopic (exact) mass is 382 g/mol. The van der Waals surface area contributed by atoms with Crippen LogP contribution in [0.2, 0.25) is 0 Å². The molecule has 0 aromatic heterocycles. The minimum Gasteiger partial charge on any atom is -0.406 e. The van der Waals surface area contributed by atoms with Crippen molar-refractivity contribution in [2.75, 3.05) is 0 Å². The largest absolute Gasteiger partial charge is 0.573 e. The summed E-state index contributed by atoms with van der Waals surface area (Å²) < 4.78 is 40.8. The zero-order valence-corrected chi connectivity index (χ0v) is 16.4. The van der Waals surface area contributed by atoms with Gasteiger partial charge < -0.3 is 4.74 Å². The van der Waals surface area contributed by atoms with Crippen molar-refractivity contribution >= 4 is 0 Å². The quantitative estimate of drug-likeness (QED) is 0.486. The Hall–Kier alpha value is -1.19. The van der Waals surface area contributed by atoms with Crippen molar-refractivity contribution in [2.24, 2.45) is 17.8 Å². The van der Waals surface area contributed by atoms with Gasteiger partial charge in [-0.15, -0.1) is 13.2 Å². The summed E-state index contributed by atoms with van der Waals surface area (Å²) in [6.45, 7) is 2.28. The predicted octanol–water partition coefficient (Wildman–Crippen LogP) is 7.86. The van der Waals surface area contributed by atoms with E-state index < -0.39 is 6.36 Å². The van der Waals surface area contributed by atoms with Crippen molar-refractivity contribution < 1.29 is 17.9 Å². The Kier molecular flexibility index (Phi) is 7.10. The van der Waals surface area contributed by atoms with Crippen LogP contribution < -0.4 is 4.74 Å². The average Bonchev–Trinajstić information content (AvgIpc) is 2.66. The highest BCUT2D eigenvalue weighted by Crippen LogP contribution is 2.44. The van der Waals surface area contributed by atoms with Gasteiger partial charge in [-0.2, -0.15) is 0 Å². The Balaban J connectivity index is 1.44. The van der Waals surface area contributed by atoms with Crippen LogP contribution in [-0.2, 0) is 0 Å². The molecule has 0 aliphatic heterocycles. The molecule has 0 radical (unpaired) electrons. The lowest BCUT2D eigenvalue weighted by atomic mass is 9.68. The van der Waals surface area contributed by atoms with Crippen LogP contribution in [0.4, 0.5) is 13.2 Å². The smallest absolute Gasteiger partial charge is 0.406 e. The summed E-state index contributed by atoms with van der Waals surface area (Å²) in [4.78, 5) is 0. The van der Waals surface area contributed by atoms with Crippen LogP contribution in [0, 0.1) is 17.8 Å². The zero-order valence-electron chi connectivity index (χ0n) is 16.4. The molecule has 0 amide bonds. The first kappa shape index (κ1) is 20.5. The molecule has 1 aromatic carbocycles. The molecule has 0 bridgehead atoms. The summed E-state index contributed by atoms with van der Waals surface area (Å²) >= 11 is 0. The van der Waals surface area contributed by atoms with Crippen LogP contribution in [0.25, 0.3) is 0 Å². The highest BCUT2D eigenvalue weighted by Gasteiger charge is 2.32. The molecule has 2 aliphatic rings. The zero-order chi connectivity index (χ0) is 19.3. The van der Waals surface area contributed by atoms with Gasteiger partial charge in [-0.1, -0.05) is 51.2 Å². The normalized spacial score (nSPS) is 29.5. The van der Waals surface area contributed by atoms with E-state index in [0.717, 1.165) is 23.3 Å². The standard InChI is InChI=1S/C23H33F3O/c1-2-3-4-17-5-7-18(8-6-17)19-9-11-20(12-10-19)21-13-15-22(16-14-21)27-23(24,25)26/h13-20H,2-12H2,1H3/t17-,18-,19?,20?. The van der Waals surface area contributed by atoms with Crippen molar-refractivity contribution in [3.8, 4) is 5.75 Å². The fraction of sp³-hybridized carbons (Fsp3) is 0.739. The Labute approximate surface area is 161 Å². The fourth-order valence-electron chi connectivity index (χ4n) is 5.31. The maximum absolute atomic E-state index is 12.3. The van der Waals surface area contributed by atoms with Crippen LogP contribution in [0.3, 0.4) is 0 Å². The summed E-state index contributed by atoms with van der Waals surface area (Å²) in [5.74, 6) is 3.10. The van der Waals surface area contributed by atoms with E-state index in [2.05, 4.69) is 11.7 Å². The summed E-state index contributed by atoms with van der Waals surface area (Å²) in [7, 11) is 0. The maximum Gasteiger partial charge on any atom is 0.573 e. The highest BCUT2D eigenvalue weighted by atomic mass is 19.4. The number of hydrogen-bond acceptors (Lipinski definition) is 1. The van der Waals surface area contributed by atoms with Gasteiger partial charge in [0.15, 0.2) is 0 Å². The van der Waals surface area contributed by atoms with E-state index >= 15 is 0 Å². The van der Waals surface area contributed by atoms with Gasteiger partial charge >= 0.3 is 6.36 Å². The van der Waals surface area contributed by atoms with Crippen LogP contribution in [0.1, 0.15) is 89.0 Å². The first-order valence-corrected chi connectivity index (χ1v) is 10.8. The molecule has 4 heteroatoms. The molecule has 0 spiro atoms. The first-order chi connectivity index (χ1) is 12.9. The van der Waals surface area contributed by atoms with Gasteiger partial charge in [0, 0.05) is 0 Å². The molecule has 1 aromatic rings. The number of halogens is 3. The summed E-state index contributed by atoms with van der Waals surface area (Å²) in [5, 5.41) is 0. The Morgan fingerprint density at radius 1 is 0.852 bits per heavy atom. The van der Waals surface area contributed by atoms with Gasteiger partial charge in [-0.05, 0) is 79.9 Å². The van der Waals surface area contributed by atoms with Gasteiger partial charge in [0.2, 0.25) is 0 Å². The number of alkyl halides is 3. The first-order valence-electron chi connectivity index (χ1n) is 10.8. The van der Waals surface area contributed by atoms with Crippen molar-refractivity contribution in [3.05, 3.63) is 29.8 Å². The Morgan fingerprint density at radius 3 is 1.93 bits per heavy atom. The maximum atomic E-state index is 12.3. The van der Waals surface area contributed by atoms with E-state index in [-0.39, 0.29) is 5.75 Å². The van der Waals surface area contributed by atoms with Gasteiger partial charge in [-0.25, -0.2) is 0 Å². The number of unbranched alkanes of at least 4 members (excludes halogenated alkanes) is 1. The van der Waals surface area contributed by atoms with Crippen LogP contribution >= 0.6 is 0 Å². The molecule has 0 atom stereocenters. The molecule has 2 aliphatic carbocycles. The summed E-state index contributed by atoms with van der Waals surface area (Å²) in [6.07, 6.45) is 10.0. The molecule has 0 saturated heterocycles. The van der Waals surface area contributed by atoms with Crippen LogP contribution in [0.5, 0.6) is 5.75 Å². The van der Waals surface area contributed by atoms with Crippen LogP contribution in [0.15, 0.2) is 24.3 Å². The second kappa shape index (κ2) is 9.34. The molecule has 0 N–H and O–H groups in total. The molecule has 27 heavy (non-hydrogen) atoms. The topological polar surface area (TPSA) is 9.23 Å². The number of rotatable bonds is 6. The van der Waals surface area contributed by atoms with Gasteiger partial charge in [0.25, 0.3) is 0 Å². The molecule has 3 rings (SSSR count). The molecule has 1 nitrogen and oxygen atoms in total. The molecule has 152 valence electrons. The third kappa shape index (κ3) is 6.15. The molecular formula is C23H33F3O. The average molecular weight is 383 g/mol. The third-order valence-corrected chi connectivity index (χ3v) is 6.88. The number of ether oxygens (including phenoxy) is 1. The fourth-order valence-corrected chi connectivity index (χ4v) is 5.31. The van der Waals surface area contributed by atoms with Crippen molar-refractivity contribution in [1.29, 1.82) is 0 Å². The van der Waals surface area contributed by atoms with Crippen molar-refractivity contribution in [1.82, 2.24) is 0 Å². The second-order valence-electron chi connectivity index (χ2n) is 8.65. The van der Waals surface area contributed by atoms with E-state index in [9.17, 15) is 13.2 Å². The van der Waals surface area contributed by atoms with E-state index in [1.807, 2.05) is 12.1 Å². The SMILES string of the molecule is CCCC[C@H]1CC[C@H](C2CCC(c3ccc(OC(F)(F)F)cc3)CC2)CC1. The number of hydrogen-bond donors (Lipinski definition) is 0. The summed E-state index contributed by atoms with van der Waals surface area (Å²) in [6, 6.07) is 6.52. The molecular weight excluding hydrogens is 349 g/mol. The van der Waals surface area contributed by atoms with Gasteiger partial charge in [0.05, 0.1) is 0 Å². The highest BCUT2D eigenvalue weighted by molar-refractivity contribution is 5.29. The van der Waals surface area contributed by atoms with E-state index in [1.165, 1.54) is 82.8 Å². The Bertz CT molecular complexity index is 550. The minimum absolute atomic E-state index is 0.125. The van der Waals surface area contributed by atoms with E-state index in [4.69, 9.17) is 0 Å². The van der Waals surface area contributed by atoms with Crippen LogP contribution in [-0.4, -0.2) is 6.36 Å². The van der Waals surface area contributed by atoms with E-state index in [1.54, 1.807) is 0 Å². The minimum atomic E-state index is -4.62. The second-order valence-corrected chi connectivity index (χ2v) is 8.65. The molecule has 2 fully saturated rings.